The molecule has 21 heavy (non-hydrogen) atoms. The summed E-state index contributed by atoms with van der Waals surface area (Å²) in [6.07, 6.45) is 0. The minimum absolute atomic E-state index is 0.460. The zero-order valence-electron chi connectivity index (χ0n) is 11.6. The molecule has 0 aliphatic carbocycles. The molecule has 1 aromatic carbocycles. The summed E-state index contributed by atoms with van der Waals surface area (Å²) in [6.45, 7) is 2.09. The van der Waals surface area contributed by atoms with Crippen molar-refractivity contribution in [2.75, 3.05) is 25.5 Å². The Morgan fingerprint density at radius 2 is 2.19 bits per heavy atom. The lowest BCUT2D eigenvalue weighted by molar-refractivity contribution is 0.205. The molecule has 0 bridgehead atoms. The van der Waals surface area contributed by atoms with Crippen molar-refractivity contribution >= 4 is 38.1 Å². The van der Waals surface area contributed by atoms with E-state index in [1.807, 2.05) is 18.2 Å². The lowest BCUT2D eigenvalue weighted by Gasteiger charge is -2.37. The van der Waals surface area contributed by atoms with Gasteiger partial charge in [-0.05, 0) is 30.6 Å². The second-order valence-corrected chi connectivity index (χ2v) is 6.45. The molecule has 1 aliphatic heterocycles. The summed E-state index contributed by atoms with van der Waals surface area (Å²) in [5.41, 5.74) is 1.54. The number of rotatable bonds is 2. The molecular formula is C16H14N4S. The number of fused-ring (bicyclic) bond motifs is 3. The largest absolute Gasteiger partial charge is 0.364 e. The Morgan fingerprint density at radius 1 is 1.33 bits per heavy atom. The minimum atomic E-state index is 0.460. The molecule has 0 atom stereocenters. The molecule has 2 aromatic heterocycles. The van der Waals surface area contributed by atoms with Gasteiger partial charge in [-0.1, -0.05) is 6.07 Å². The van der Waals surface area contributed by atoms with Crippen LogP contribution in [0.1, 0.15) is 5.56 Å². The lowest BCUT2D eigenvalue weighted by atomic mass is 10.1. The van der Waals surface area contributed by atoms with E-state index in [1.54, 1.807) is 11.3 Å². The van der Waals surface area contributed by atoms with Crippen molar-refractivity contribution in [1.82, 2.24) is 9.88 Å². The zero-order valence-corrected chi connectivity index (χ0v) is 12.4. The van der Waals surface area contributed by atoms with Crippen LogP contribution in [0.3, 0.4) is 0 Å². The number of pyridine rings is 1. The highest BCUT2D eigenvalue weighted by atomic mass is 32.1. The van der Waals surface area contributed by atoms with E-state index in [2.05, 4.69) is 34.8 Å². The molecule has 5 heteroatoms. The maximum atomic E-state index is 9.07. The SMILES string of the molecule is CN1CC(Nc2nc3cc(C#N)ccc3c3sccc23)C1. The van der Waals surface area contributed by atoms with Crippen molar-refractivity contribution in [2.45, 2.75) is 6.04 Å². The number of nitriles is 1. The average Bonchev–Trinajstić information content (AvgIpc) is 2.95. The Morgan fingerprint density at radius 3 is 2.95 bits per heavy atom. The first kappa shape index (κ1) is 12.6. The Kier molecular flexibility index (Phi) is 2.81. The minimum Gasteiger partial charge on any atom is -0.364 e. The van der Waals surface area contributed by atoms with Crippen LogP contribution in [0.15, 0.2) is 29.6 Å². The maximum absolute atomic E-state index is 9.07. The zero-order chi connectivity index (χ0) is 14.4. The molecular weight excluding hydrogens is 280 g/mol. The third-order valence-electron chi connectivity index (χ3n) is 3.93. The van der Waals surface area contributed by atoms with Crippen LogP contribution in [0.2, 0.25) is 0 Å². The standard InChI is InChI=1S/C16H14N4S/c1-20-8-11(9-20)18-16-13-4-5-21-15(13)12-3-2-10(7-17)6-14(12)19-16/h2-6,11H,8-9H2,1H3,(H,18,19). The van der Waals surface area contributed by atoms with Gasteiger partial charge in [0.15, 0.2) is 0 Å². The Labute approximate surface area is 126 Å². The van der Waals surface area contributed by atoms with Crippen molar-refractivity contribution < 1.29 is 0 Å². The summed E-state index contributed by atoms with van der Waals surface area (Å²) in [5, 5.41) is 17.0. The van der Waals surface area contributed by atoms with Crippen LogP contribution < -0.4 is 5.32 Å². The number of hydrogen-bond acceptors (Lipinski definition) is 5. The van der Waals surface area contributed by atoms with Gasteiger partial charge < -0.3 is 10.2 Å². The number of benzene rings is 1. The topological polar surface area (TPSA) is 52.0 Å². The van der Waals surface area contributed by atoms with Crippen LogP contribution in [0.25, 0.3) is 21.0 Å². The van der Waals surface area contributed by atoms with E-state index in [4.69, 9.17) is 10.2 Å². The van der Waals surface area contributed by atoms with E-state index in [0.29, 0.717) is 11.6 Å². The van der Waals surface area contributed by atoms with E-state index in [-0.39, 0.29) is 0 Å². The van der Waals surface area contributed by atoms with Crippen molar-refractivity contribution in [3.8, 4) is 6.07 Å². The van der Waals surface area contributed by atoms with Crippen molar-refractivity contribution in [3.05, 3.63) is 35.2 Å². The van der Waals surface area contributed by atoms with E-state index < -0.39 is 0 Å². The molecule has 3 heterocycles. The lowest BCUT2D eigenvalue weighted by Crippen LogP contribution is -2.52. The van der Waals surface area contributed by atoms with Gasteiger partial charge in [-0.3, -0.25) is 0 Å². The third kappa shape index (κ3) is 2.04. The fourth-order valence-corrected chi connectivity index (χ4v) is 3.80. The van der Waals surface area contributed by atoms with Gasteiger partial charge in [-0.25, -0.2) is 4.98 Å². The smallest absolute Gasteiger partial charge is 0.135 e. The average molecular weight is 294 g/mol. The molecule has 1 N–H and O–H groups in total. The number of nitrogens with one attached hydrogen (secondary N) is 1. The van der Waals surface area contributed by atoms with Gasteiger partial charge in [0.25, 0.3) is 0 Å². The van der Waals surface area contributed by atoms with Gasteiger partial charge >= 0.3 is 0 Å². The molecule has 1 fully saturated rings. The molecule has 4 rings (SSSR count). The highest BCUT2D eigenvalue weighted by Gasteiger charge is 2.24. The van der Waals surface area contributed by atoms with E-state index in [9.17, 15) is 0 Å². The first-order chi connectivity index (χ1) is 10.2. The molecule has 0 saturated carbocycles. The van der Waals surface area contributed by atoms with Crippen molar-refractivity contribution in [1.29, 1.82) is 5.26 Å². The van der Waals surface area contributed by atoms with Crippen LogP contribution in [-0.2, 0) is 0 Å². The first-order valence-electron chi connectivity index (χ1n) is 6.91. The number of likely N-dealkylation sites (tertiary alicyclic amines) is 1. The van der Waals surface area contributed by atoms with Gasteiger partial charge in [0, 0.05) is 28.6 Å². The fourth-order valence-electron chi connectivity index (χ4n) is 2.86. The highest BCUT2D eigenvalue weighted by molar-refractivity contribution is 7.18. The van der Waals surface area contributed by atoms with Gasteiger partial charge in [0.1, 0.15) is 5.82 Å². The Hall–Kier alpha value is -2.16. The highest BCUT2D eigenvalue weighted by Crippen LogP contribution is 2.34. The number of hydrogen-bond donors (Lipinski definition) is 1. The Balaban J connectivity index is 1.87. The molecule has 1 aliphatic rings. The van der Waals surface area contributed by atoms with E-state index in [0.717, 1.165) is 29.8 Å². The van der Waals surface area contributed by atoms with Gasteiger partial charge in [0.05, 0.1) is 23.2 Å². The quantitative estimate of drug-likeness (QED) is 0.789. The second-order valence-electron chi connectivity index (χ2n) is 5.53. The molecule has 0 unspecified atom stereocenters. The second kappa shape index (κ2) is 4.69. The monoisotopic (exact) mass is 294 g/mol. The van der Waals surface area contributed by atoms with Gasteiger partial charge in [0.2, 0.25) is 0 Å². The molecule has 1 saturated heterocycles. The molecule has 0 radical (unpaired) electrons. The molecule has 104 valence electrons. The fraction of sp³-hybridized carbons (Fsp3) is 0.250. The third-order valence-corrected chi connectivity index (χ3v) is 4.88. The molecule has 3 aromatic rings. The van der Waals surface area contributed by atoms with Crippen molar-refractivity contribution in [3.63, 3.8) is 0 Å². The number of nitrogens with zero attached hydrogens (tertiary/aromatic N) is 3. The van der Waals surface area contributed by atoms with E-state index in [1.165, 1.54) is 10.1 Å². The molecule has 4 nitrogen and oxygen atoms in total. The number of thiophene rings is 1. The summed E-state index contributed by atoms with van der Waals surface area (Å²) in [5.74, 6) is 0.937. The number of anilines is 1. The van der Waals surface area contributed by atoms with Crippen molar-refractivity contribution in [2.24, 2.45) is 0 Å². The summed E-state index contributed by atoms with van der Waals surface area (Å²) in [6, 6.07) is 10.5. The predicted octanol–water partition coefficient (Wildman–Crippen LogP) is 3.05. The number of likely N-dealkylation sites (N-methyl/N-ethyl adjacent to an activating group) is 1. The molecule has 0 amide bonds. The van der Waals surface area contributed by atoms with Crippen LogP contribution in [-0.4, -0.2) is 36.1 Å². The summed E-state index contributed by atoms with van der Waals surface area (Å²) >= 11 is 1.72. The summed E-state index contributed by atoms with van der Waals surface area (Å²) in [7, 11) is 2.12. The van der Waals surface area contributed by atoms with Crippen LogP contribution in [0.5, 0.6) is 0 Å². The van der Waals surface area contributed by atoms with Gasteiger partial charge in [-0.15, -0.1) is 11.3 Å². The Bertz CT molecular complexity index is 871. The van der Waals surface area contributed by atoms with E-state index >= 15 is 0 Å². The van der Waals surface area contributed by atoms with Crippen LogP contribution in [0, 0.1) is 11.3 Å². The number of aromatic nitrogens is 1. The normalized spacial score (nSPS) is 16.0. The summed E-state index contributed by atoms with van der Waals surface area (Å²) in [4.78, 5) is 7.03. The molecule has 0 spiro atoms. The predicted molar refractivity (Wildman–Crippen MR) is 86.7 cm³/mol. The van der Waals surface area contributed by atoms with Crippen LogP contribution in [0.4, 0.5) is 5.82 Å². The van der Waals surface area contributed by atoms with Crippen LogP contribution >= 0.6 is 11.3 Å². The first-order valence-corrected chi connectivity index (χ1v) is 7.79. The van der Waals surface area contributed by atoms with Gasteiger partial charge in [-0.2, -0.15) is 5.26 Å². The summed E-state index contributed by atoms with van der Waals surface area (Å²) < 4.78 is 1.24. The maximum Gasteiger partial charge on any atom is 0.135 e.